The number of nitrogen functional groups attached to an aromatic ring is 1. The van der Waals surface area contributed by atoms with Gasteiger partial charge in [0.25, 0.3) is 5.91 Å². The van der Waals surface area contributed by atoms with E-state index in [1.807, 2.05) is 0 Å². The average molecular weight is 201 g/mol. The van der Waals surface area contributed by atoms with Gasteiger partial charge in [0.15, 0.2) is 0 Å². The number of phenols is 1. The molecule has 1 aromatic rings. The summed E-state index contributed by atoms with van der Waals surface area (Å²) in [5.74, 6) is -0.640. The Kier molecular flexibility index (Phi) is 2.63. The third-order valence-corrected chi connectivity index (χ3v) is 1.95. The fourth-order valence-corrected chi connectivity index (χ4v) is 1.10. The van der Waals surface area contributed by atoms with Gasteiger partial charge in [0, 0.05) is 7.05 Å². The number of carbonyl (C=O) groups excluding carboxylic acids is 1. The fourth-order valence-electron chi connectivity index (χ4n) is 0.946. The van der Waals surface area contributed by atoms with E-state index in [9.17, 15) is 9.90 Å². The maximum absolute atomic E-state index is 11.2. The molecule has 0 saturated heterocycles. The van der Waals surface area contributed by atoms with Crippen LogP contribution in [0.3, 0.4) is 0 Å². The van der Waals surface area contributed by atoms with Gasteiger partial charge < -0.3 is 16.2 Å². The summed E-state index contributed by atoms with van der Waals surface area (Å²) in [4.78, 5) is 11.2. The highest BCUT2D eigenvalue weighted by Crippen LogP contribution is 2.29. The van der Waals surface area contributed by atoms with Crippen LogP contribution in [0.5, 0.6) is 5.75 Å². The Bertz CT molecular complexity index is 352. The quantitative estimate of drug-likeness (QED) is 0.592. The molecule has 5 heteroatoms. The van der Waals surface area contributed by atoms with Crippen molar-refractivity contribution in [2.75, 3.05) is 12.8 Å². The molecule has 0 saturated carbocycles. The highest BCUT2D eigenvalue weighted by molar-refractivity contribution is 6.34. The van der Waals surface area contributed by atoms with Crippen molar-refractivity contribution in [1.29, 1.82) is 0 Å². The van der Waals surface area contributed by atoms with Crippen LogP contribution in [0.15, 0.2) is 12.1 Å². The third-order valence-electron chi connectivity index (χ3n) is 1.62. The molecule has 70 valence electrons. The number of halogens is 1. The first kappa shape index (κ1) is 9.67. The summed E-state index contributed by atoms with van der Waals surface area (Å²) in [5.41, 5.74) is 5.60. The number of aromatic hydroxyl groups is 1. The molecule has 0 fully saturated rings. The first-order chi connectivity index (χ1) is 6.07. The molecule has 0 unspecified atom stereocenters. The van der Waals surface area contributed by atoms with E-state index < -0.39 is 5.91 Å². The number of hydrogen-bond acceptors (Lipinski definition) is 3. The van der Waals surface area contributed by atoms with Crippen molar-refractivity contribution in [3.63, 3.8) is 0 Å². The molecule has 0 radical (unpaired) electrons. The molecule has 0 atom stereocenters. The molecule has 0 aliphatic carbocycles. The zero-order valence-electron chi connectivity index (χ0n) is 6.97. The third kappa shape index (κ3) is 1.67. The molecule has 4 N–H and O–H groups in total. The molecule has 1 amide bonds. The maximum atomic E-state index is 11.2. The maximum Gasteiger partial charge on any atom is 0.256 e. The highest BCUT2D eigenvalue weighted by Gasteiger charge is 2.15. The van der Waals surface area contributed by atoms with Gasteiger partial charge >= 0.3 is 0 Å². The van der Waals surface area contributed by atoms with Gasteiger partial charge in [-0.3, -0.25) is 4.79 Å². The summed E-state index contributed by atoms with van der Waals surface area (Å²) in [5, 5.41) is 11.9. The SMILES string of the molecule is CNC(=O)c1c(O)ccc(Cl)c1N. The zero-order chi connectivity index (χ0) is 10.0. The van der Waals surface area contributed by atoms with Crippen LogP contribution < -0.4 is 11.1 Å². The summed E-state index contributed by atoms with van der Waals surface area (Å²) in [6, 6.07) is 2.75. The monoisotopic (exact) mass is 200 g/mol. The van der Waals surface area contributed by atoms with Crippen LogP contribution in [-0.2, 0) is 0 Å². The summed E-state index contributed by atoms with van der Waals surface area (Å²) < 4.78 is 0. The van der Waals surface area contributed by atoms with Crippen molar-refractivity contribution in [3.05, 3.63) is 22.7 Å². The van der Waals surface area contributed by atoms with Crippen molar-refractivity contribution in [2.45, 2.75) is 0 Å². The fraction of sp³-hybridized carbons (Fsp3) is 0.125. The number of benzene rings is 1. The van der Waals surface area contributed by atoms with Crippen molar-refractivity contribution < 1.29 is 9.90 Å². The smallest absolute Gasteiger partial charge is 0.256 e. The lowest BCUT2D eigenvalue weighted by Crippen LogP contribution is -2.19. The number of carbonyl (C=O) groups is 1. The standard InChI is InChI=1S/C8H9ClN2O2/c1-11-8(13)6-5(12)3-2-4(9)7(6)10/h2-3,12H,10H2,1H3,(H,11,13). The molecule has 1 rings (SSSR count). The summed E-state index contributed by atoms with van der Waals surface area (Å²) in [6.45, 7) is 0. The van der Waals surface area contributed by atoms with Gasteiger partial charge in [-0.1, -0.05) is 11.6 Å². The Morgan fingerprint density at radius 1 is 1.62 bits per heavy atom. The van der Waals surface area contributed by atoms with E-state index in [1.54, 1.807) is 0 Å². The second-order valence-electron chi connectivity index (χ2n) is 2.43. The van der Waals surface area contributed by atoms with E-state index in [4.69, 9.17) is 17.3 Å². The van der Waals surface area contributed by atoms with Gasteiger partial charge in [0.05, 0.1) is 10.7 Å². The molecule has 0 bridgehead atoms. The van der Waals surface area contributed by atoms with E-state index in [0.29, 0.717) is 0 Å². The van der Waals surface area contributed by atoms with E-state index in [0.717, 1.165) is 0 Å². The first-order valence-electron chi connectivity index (χ1n) is 3.57. The predicted molar refractivity (Wildman–Crippen MR) is 50.9 cm³/mol. The van der Waals surface area contributed by atoms with Gasteiger partial charge in [0.2, 0.25) is 0 Å². The number of nitrogens with one attached hydrogen (secondary N) is 1. The topological polar surface area (TPSA) is 75.3 Å². The van der Waals surface area contributed by atoms with Crippen LogP contribution in [0.4, 0.5) is 5.69 Å². The minimum Gasteiger partial charge on any atom is -0.507 e. The molecule has 13 heavy (non-hydrogen) atoms. The Labute approximate surface area is 80.3 Å². The largest absolute Gasteiger partial charge is 0.507 e. The summed E-state index contributed by atoms with van der Waals surface area (Å²) in [6.07, 6.45) is 0. The van der Waals surface area contributed by atoms with E-state index in [1.165, 1.54) is 19.2 Å². The number of anilines is 1. The Morgan fingerprint density at radius 2 is 2.23 bits per heavy atom. The lowest BCUT2D eigenvalue weighted by molar-refractivity contribution is 0.0961. The molecule has 1 aromatic carbocycles. The Morgan fingerprint density at radius 3 is 2.77 bits per heavy atom. The zero-order valence-corrected chi connectivity index (χ0v) is 7.72. The Hall–Kier alpha value is -1.42. The van der Waals surface area contributed by atoms with Gasteiger partial charge in [-0.2, -0.15) is 0 Å². The van der Waals surface area contributed by atoms with Crippen molar-refractivity contribution in [3.8, 4) is 5.75 Å². The molecule has 0 spiro atoms. The van der Waals surface area contributed by atoms with Crippen molar-refractivity contribution >= 4 is 23.2 Å². The van der Waals surface area contributed by atoms with Crippen molar-refractivity contribution in [2.24, 2.45) is 0 Å². The summed E-state index contributed by atoms with van der Waals surface area (Å²) in [7, 11) is 1.45. The lowest BCUT2D eigenvalue weighted by Gasteiger charge is -2.07. The molecule has 0 heterocycles. The van der Waals surface area contributed by atoms with Crippen LogP contribution in [0, 0.1) is 0 Å². The molecule has 0 aromatic heterocycles. The number of phenolic OH excluding ortho intramolecular Hbond substituents is 1. The van der Waals surface area contributed by atoms with Gasteiger partial charge in [0.1, 0.15) is 11.3 Å². The summed E-state index contributed by atoms with van der Waals surface area (Å²) >= 11 is 5.67. The molecular weight excluding hydrogens is 192 g/mol. The number of hydrogen-bond donors (Lipinski definition) is 3. The van der Waals surface area contributed by atoms with Gasteiger partial charge in [-0.15, -0.1) is 0 Å². The Balaban J connectivity index is 3.33. The number of nitrogens with two attached hydrogens (primary N) is 1. The molecule has 0 aliphatic heterocycles. The second kappa shape index (κ2) is 3.53. The molecule has 0 aliphatic rings. The predicted octanol–water partition coefficient (Wildman–Crippen LogP) is 0.987. The highest BCUT2D eigenvalue weighted by atomic mass is 35.5. The van der Waals surface area contributed by atoms with Gasteiger partial charge in [-0.05, 0) is 12.1 Å². The minimum absolute atomic E-state index is 0.00926. The average Bonchev–Trinajstić information content (AvgIpc) is 2.12. The number of amides is 1. The molecule has 4 nitrogen and oxygen atoms in total. The van der Waals surface area contributed by atoms with Crippen molar-refractivity contribution in [1.82, 2.24) is 5.32 Å². The van der Waals surface area contributed by atoms with Gasteiger partial charge in [-0.25, -0.2) is 0 Å². The van der Waals surface area contributed by atoms with Crippen LogP contribution in [0.1, 0.15) is 10.4 Å². The lowest BCUT2D eigenvalue weighted by atomic mass is 10.1. The first-order valence-corrected chi connectivity index (χ1v) is 3.94. The minimum atomic E-state index is -0.461. The van der Waals surface area contributed by atoms with Crippen LogP contribution in [0.25, 0.3) is 0 Å². The number of rotatable bonds is 1. The van der Waals surface area contributed by atoms with Crippen LogP contribution >= 0.6 is 11.6 Å². The van der Waals surface area contributed by atoms with E-state index in [-0.39, 0.29) is 22.0 Å². The van der Waals surface area contributed by atoms with E-state index >= 15 is 0 Å². The van der Waals surface area contributed by atoms with E-state index in [2.05, 4.69) is 5.32 Å². The van der Waals surface area contributed by atoms with Crippen LogP contribution in [-0.4, -0.2) is 18.1 Å². The molecular formula is C8H9ClN2O2. The second-order valence-corrected chi connectivity index (χ2v) is 2.84. The van der Waals surface area contributed by atoms with Crippen LogP contribution in [0.2, 0.25) is 5.02 Å². The normalized spacial score (nSPS) is 9.69.